The van der Waals surface area contributed by atoms with Crippen molar-refractivity contribution in [2.75, 3.05) is 16.8 Å². The number of carbonyl (C=O) groups excluding carboxylic acids is 2. The van der Waals surface area contributed by atoms with Crippen LogP contribution < -0.4 is 20.7 Å². The van der Waals surface area contributed by atoms with Crippen LogP contribution in [0.5, 0.6) is 0 Å². The molecule has 2 aromatic heterocycles. The first-order chi connectivity index (χ1) is 29.3. The van der Waals surface area contributed by atoms with Gasteiger partial charge < -0.3 is 10.2 Å². The van der Waals surface area contributed by atoms with Gasteiger partial charge in [-0.15, -0.1) is 22.7 Å². The highest BCUT2D eigenvalue weighted by Gasteiger charge is 2.34. The molecule has 5 aromatic rings. The molecule has 2 aliphatic heterocycles. The highest BCUT2D eigenvalue weighted by atomic mass is 32.1. The van der Waals surface area contributed by atoms with Crippen molar-refractivity contribution < 1.29 is 9.59 Å². The lowest BCUT2D eigenvalue weighted by atomic mass is 9.95. The van der Waals surface area contributed by atoms with Crippen molar-refractivity contribution in [3.63, 3.8) is 0 Å². The van der Waals surface area contributed by atoms with E-state index in [2.05, 4.69) is 132 Å². The summed E-state index contributed by atoms with van der Waals surface area (Å²) >= 11 is 3.79. The summed E-state index contributed by atoms with van der Waals surface area (Å²) in [7, 11) is 0. The fraction of sp³-hybridized carbons (Fsp3) is 0.444. The zero-order valence-electron chi connectivity index (χ0n) is 37.0. The first-order valence-electron chi connectivity index (χ1n) is 23.2. The third-order valence-electron chi connectivity index (χ3n) is 13.2. The number of nitrogens with zero attached hydrogens (tertiary/aromatic N) is 1. The van der Waals surface area contributed by atoms with E-state index in [0.717, 1.165) is 88.9 Å². The van der Waals surface area contributed by atoms with Gasteiger partial charge in [0.25, 0.3) is 11.8 Å². The summed E-state index contributed by atoms with van der Waals surface area (Å²) in [5, 5.41) is 4.96. The van der Waals surface area contributed by atoms with Crippen molar-refractivity contribution >= 4 is 57.0 Å². The molecule has 316 valence electrons. The summed E-state index contributed by atoms with van der Waals surface area (Å²) in [5.74, 6) is 1.84. The van der Waals surface area contributed by atoms with Crippen LogP contribution in [-0.4, -0.2) is 18.4 Å². The SMILES string of the molecule is CCCCC(CC)Cc1ccc(-c2ccc(C3=c4cc5c(cc4NC3=O)=C(c3ccc(-c4ccc(CC(CC)CCCC)s4)cc3)C(=O)N5CC(CC)CCCC)cc2)s1. The number of hydrogen-bond acceptors (Lipinski definition) is 4. The molecule has 0 aliphatic carbocycles. The zero-order valence-corrected chi connectivity index (χ0v) is 38.6. The van der Waals surface area contributed by atoms with E-state index in [0.29, 0.717) is 18.0 Å². The van der Waals surface area contributed by atoms with Gasteiger partial charge in [-0.2, -0.15) is 0 Å². The molecule has 1 N–H and O–H groups in total. The quantitative estimate of drug-likeness (QED) is 0.0755. The molecule has 4 nitrogen and oxygen atoms in total. The van der Waals surface area contributed by atoms with Crippen LogP contribution in [0, 0.1) is 17.8 Å². The molecule has 3 unspecified atom stereocenters. The van der Waals surface area contributed by atoms with E-state index < -0.39 is 0 Å². The molecular formula is C54H66N2O2S2. The van der Waals surface area contributed by atoms with Crippen molar-refractivity contribution in [1.29, 1.82) is 0 Å². The molecule has 0 spiro atoms. The summed E-state index contributed by atoms with van der Waals surface area (Å²) < 4.78 is 0. The second kappa shape index (κ2) is 20.5. The molecule has 7 rings (SSSR count). The minimum absolute atomic E-state index is 0.0515. The van der Waals surface area contributed by atoms with Crippen LogP contribution in [0.1, 0.15) is 139 Å². The van der Waals surface area contributed by atoms with Crippen LogP contribution in [0.15, 0.2) is 84.9 Å². The van der Waals surface area contributed by atoms with Crippen LogP contribution in [0.2, 0.25) is 0 Å². The molecule has 0 bridgehead atoms. The Balaban J connectivity index is 1.21. The van der Waals surface area contributed by atoms with Gasteiger partial charge in [0.15, 0.2) is 0 Å². The number of anilines is 2. The maximum atomic E-state index is 14.7. The Bertz CT molecular complexity index is 2370. The van der Waals surface area contributed by atoms with Crippen molar-refractivity contribution in [2.24, 2.45) is 17.8 Å². The Morgan fingerprint density at radius 3 is 1.48 bits per heavy atom. The maximum absolute atomic E-state index is 14.7. The molecule has 6 heteroatoms. The highest BCUT2D eigenvalue weighted by molar-refractivity contribution is 7.15. The fourth-order valence-corrected chi connectivity index (χ4v) is 11.5. The van der Waals surface area contributed by atoms with Gasteiger partial charge in [-0.25, -0.2) is 0 Å². The largest absolute Gasteiger partial charge is 0.321 e. The van der Waals surface area contributed by atoms with Gasteiger partial charge in [-0.3, -0.25) is 9.59 Å². The summed E-state index contributed by atoms with van der Waals surface area (Å²) in [6.45, 7) is 14.3. The molecule has 3 aromatic carbocycles. The minimum Gasteiger partial charge on any atom is -0.321 e. The number of thiophene rings is 2. The van der Waals surface area contributed by atoms with E-state index in [1.807, 2.05) is 27.6 Å². The Morgan fingerprint density at radius 1 is 0.533 bits per heavy atom. The number of carbonyl (C=O) groups is 2. The lowest BCUT2D eigenvalue weighted by molar-refractivity contribution is -0.113. The van der Waals surface area contributed by atoms with E-state index in [-0.39, 0.29) is 11.8 Å². The van der Waals surface area contributed by atoms with Crippen LogP contribution in [0.4, 0.5) is 11.4 Å². The smallest absolute Gasteiger partial charge is 0.259 e. The number of hydrogen-bond donors (Lipinski definition) is 1. The van der Waals surface area contributed by atoms with Gasteiger partial charge in [-0.1, -0.05) is 161 Å². The van der Waals surface area contributed by atoms with Crippen molar-refractivity contribution in [1.82, 2.24) is 0 Å². The highest BCUT2D eigenvalue weighted by Crippen LogP contribution is 2.36. The summed E-state index contributed by atoms with van der Waals surface area (Å²) in [5.41, 5.74) is 7.24. The second-order valence-corrected chi connectivity index (χ2v) is 19.7. The Hall–Kier alpha value is -4.26. The molecule has 0 saturated carbocycles. The van der Waals surface area contributed by atoms with Gasteiger partial charge in [0.1, 0.15) is 0 Å². The molecular weight excluding hydrogens is 773 g/mol. The monoisotopic (exact) mass is 838 g/mol. The molecule has 2 amide bonds. The first-order valence-corrected chi connectivity index (χ1v) is 24.9. The predicted octanol–water partition coefficient (Wildman–Crippen LogP) is 13.6. The van der Waals surface area contributed by atoms with Gasteiger partial charge in [0, 0.05) is 42.2 Å². The molecule has 0 fully saturated rings. The van der Waals surface area contributed by atoms with E-state index in [1.54, 1.807) is 0 Å². The number of unbranched alkanes of at least 4 members (excludes halogenated alkanes) is 3. The normalized spacial score (nSPS) is 15.1. The van der Waals surface area contributed by atoms with E-state index in [4.69, 9.17) is 0 Å². The molecule has 2 aliphatic rings. The van der Waals surface area contributed by atoms with Crippen LogP contribution in [0.25, 0.3) is 32.0 Å². The summed E-state index contributed by atoms with van der Waals surface area (Å²) in [4.78, 5) is 36.0. The van der Waals surface area contributed by atoms with Gasteiger partial charge in [0.05, 0.1) is 16.8 Å². The van der Waals surface area contributed by atoms with Crippen LogP contribution in [-0.2, 0) is 22.4 Å². The minimum atomic E-state index is -0.0957. The second-order valence-electron chi connectivity index (χ2n) is 17.4. The number of fused-ring (bicyclic) bond motifs is 2. The van der Waals surface area contributed by atoms with Crippen molar-refractivity contribution in [3.8, 4) is 20.9 Å². The summed E-state index contributed by atoms with van der Waals surface area (Å²) in [6, 6.07) is 30.4. The average Bonchev–Trinajstić information content (AvgIpc) is 4.06. The number of rotatable bonds is 22. The van der Waals surface area contributed by atoms with E-state index in [1.165, 1.54) is 82.0 Å². The lowest BCUT2D eigenvalue weighted by Gasteiger charge is -2.24. The molecule has 4 heterocycles. The van der Waals surface area contributed by atoms with Crippen molar-refractivity contribution in [3.05, 3.63) is 116 Å². The van der Waals surface area contributed by atoms with Gasteiger partial charge in [0.2, 0.25) is 0 Å². The Kier molecular flexibility index (Phi) is 15.0. The first kappa shape index (κ1) is 43.8. The standard InChI is InChI=1S/C54H66N2O2S2/c1-7-13-16-36(10-4)31-43-27-29-49(59-43)39-19-23-41(24-20-39)51-45-34-48-46(33-47(45)55-53(51)57)52(54(58)56(48)35-38(12-6)18-15-9-3)42-25-21-40(22-26-42)50-30-28-44(60-50)32-37(11-5)17-14-8-2/h19-30,33-34,36-38H,7-18,31-32,35H2,1-6H3,(H,55,57). The Morgan fingerprint density at radius 2 is 1.00 bits per heavy atom. The van der Waals surface area contributed by atoms with Crippen molar-refractivity contribution in [2.45, 2.75) is 131 Å². The van der Waals surface area contributed by atoms with Gasteiger partial charge >= 0.3 is 0 Å². The molecule has 0 radical (unpaired) electrons. The maximum Gasteiger partial charge on any atom is 0.259 e. The lowest BCUT2D eigenvalue weighted by Crippen LogP contribution is -2.34. The van der Waals surface area contributed by atoms with E-state index in [9.17, 15) is 9.59 Å². The van der Waals surface area contributed by atoms with E-state index >= 15 is 0 Å². The summed E-state index contributed by atoms with van der Waals surface area (Å²) in [6.07, 6.45) is 16.8. The average molecular weight is 839 g/mol. The topological polar surface area (TPSA) is 49.4 Å². The third-order valence-corrected chi connectivity index (χ3v) is 15.5. The molecule has 60 heavy (non-hydrogen) atoms. The Labute approximate surface area is 367 Å². The fourth-order valence-electron chi connectivity index (χ4n) is 9.25. The third kappa shape index (κ3) is 9.76. The number of benzene rings is 3. The molecule has 3 atom stereocenters. The predicted molar refractivity (Wildman–Crippen MR) is 259 cm³/mol. The van der Waals surface area contributed by atoms with Crippen LogP contribution >= 0.6 is 22.7 Å². The zero-order chi connectivity index (χ0) is 42.2. The molecule has 0 saturated heterocycles. The number of amides is 2. The number of nitrogens with one attached hydrogen (secondary N) is 1. The van der Waals surface area contributed by atoms with Crippen LogP contribution in [0.3, 0.4) is 0 Å². The van der Waals surface area contributed by atoms with Gasteiger partial charge in [-0.05, 0) is 95.7 Å².